The Morgan fingerprint density at radius 1 is 0.814 bits per heavy atom. The highest BCUT2D eigenvalue weighted by molar-refractivity contribution is 7.25. The lowest BCUT2D eigenvalue weighted by molar-refractivity contribution is 0.234. The van der Waals surface area contributed by atoms with Crippen LogP contribution in [-0.4, -0.2) is 34.5 Å². The van der Waals surface area contributed by atoms with Crippen molar-refractivity contribution in [2.24, 2.45) is 16.8 Å². The van der Waals surface area contributed by atoms with E-state index in [-0.39, 0.29) is 18.0 Å². The molecule has 0 radical (unpaired) electrons. The van der Waals surface area contributed by atoms with Crippen molar-refractivity contribution >= 4 is 55.1 Å². The van der Waals surface area contributed by atoms with Gasteiger partial charge in [-0.25, -0.2) is 0 Å². The Morgan fingerprint density at radius 3 is 2.49 bits per heavy atom. The molecule has 0 N–H and O–H groups in total. The number of pyridine rings is 1. The summed E-state index contributed by atoms with van der Waals surface area (Å²) in [7, 11) is 0. The first kappa shape index (κ1) is 42.8. The molecule has 0 saturated heterocycles. The molecule has 0 saturated carbocycles. The number of para-hydroxylation sites is 1. The number of dihydropyridines is 1. The van der Waals surface area contributed by atoms with Crippen molar-refractivity contribution in [3.05, 3.63) is 233 Å². The maximum Gasteiger partial charge on any atom is 0.198 e. The molecule has 6 heteroatoms. The van der Waals surface area contributed by atoms with Gasteiger partial charge in [-0.2, -0.15) is 0 Å². The third kappa shape index (κ3) is 7.34. The fraction of sp³-hybridized carbons (Fsp3) is 0.219. The van der Waals surface area contributed by atoms with E-state index in [1.54, 1.807) is 5.56 Å². The smallest absolute Gasteiger partial charge is 0.198 e. The predicted molar refractivity (Wildman–Crippen MR) is 293 cm³/mol. The summed E-state index contributed by atoms with van der Waals surface area (Å²) in [6.45, 7) is 7.27. The molecule has 3 aliphatic heterocycles. The minimum atomic E-state index is 0.137. The van der Waals surface area contributed by atoms with Gasteiger partial charge in [-0.3, -0.25) is 9.98 Å². The van der Waals surface area contributed by atoms with Crippen LogP contribution in [0.15, 0.2) is 204 Å². The molecule has 13 rings (SSSR count). The summed E-state index contributed by atoms with van der Waals surface area (Å²) in [6.07, 6.45) is 34.4. The van der Waals surface area contributed by atoms with Crippen LogP contribution in [0.2, 0.25) is 0 Å². The van der Waals surface area contributed by atoms with Crippen molar-refractivity contribution in [1.29, 1.82) is 0 Å². The van der Waals surface area contributed by atoms with Gasteiger partial charge < -0.3 is 14.2 Å². The average molecular weight is 929 g/mol. The van der Waals surface area contributed by atoms with Crippen LogP contribution in [0.4, 0.5) is 5.69 Å². The largest absolute Gasteiger partial charge is 0.474 e. The van der Waals surface area contributed by atoms with Crippen LogP contribution in [0.1, 0.15) is 72.2 Å². The van der Waals surface area contributed by atoms with Gasteiger partial charge in [-0.05, 0) is 170 Å². The molecule has 0 bridgehead atoms. The van der Waals surface area contributed by atoms with Crippen LogP contribution in [-0.2, 0) is 24.0 Å². The van der Waals surface area contributed by atoms with Crippen LogP contribution in [0.3, 0.4) is 0 Å². The van der Waals surface area contributed by atoms with Gasteiger partial charge in [0.1, 0.15) is 6.61 Å². The number of thiophene rings is 1. The number of rotatable bonds is 9. The van der Waals surface area contributed by atoms with E-state index in [0.717, 1.165) is 67.8 Å². The zero-order valence-corrected chi connectivity index (χ0v) is 40.5. The highest BCUT2D eigenvalue weighted by Gasteiger charge is 2.39. The van der Waals surface area contributed by atoms with Crippen molar-refractivity contribution in [1.82, 2.24) is 9.55 Å². The van der Waals surface area contributed by atoms with Gasteiger partial charge in [0.15, 0.2) is 5.88 Å². The summed E-state index contributed by atoms with van der Waals surface area (Å²) in [5.41, 5.74) is 18.4. The number of aromatic nitrogens is 2. The zero-order chi connectivity index (χ0) is 46.7. The topological polar surface area (TPSA) is 42.6 Å². The summed E-state index contributed by atoms with van der Waals surface area (Å²) < 4.78 is 11.6. The van der Waals surface area contributed by atoms with Crippen molar-refractivity contribution in [2.45, 2.75) is 69.9 Å². The summed E-state index contributed by atoms with van der Waals surface area (Å²) in [5, 5.41) is 2.59. The Labute approximate surface area is 415 Å². The Hall–Kier alpha value is -7.28. The number of ether oxygens (including phenoxy) is 1. The molecule has 5 atom stereocenters. The van der Waals surface area contributed by atoms with Crippen LogP contribution in [0.25, 0.3) is 48.8 Å². The van der Waals surface area contributed by atoms with Crippen LogP contribution < -0.4 is 4.90 Å². The Morgan fingerprint density at radius 2 is 1.64 bits per heavy atom. The van der Waals surface area contributed by atoms with Crippen molar-refractivity contribution in [3.8, 4) is 16.9 Å². The summed E-state index contributed by atoms with van der Waals surface area (Å²) in [5.74, 6) is 1.81. The normalized spacial score (nSPS) is 22.7. The maximum absolute atomic E-state index is 6.35. The van der Waals surface area contributed by atoms with Gasteiger partial charge in [0.25, 0.3) is 0 Å². The number of benzene rings is 4. The molecule has 7 aromatic rings. The summed E-state index contributed by atoms with van der Waals surface area (Å²) >= 11 is 1.89. The molecule has 3 aromatic heterocycles. The fourth-order valence-corrected chi connectivity index (χ4v) is 13.6. The number of hydrogen-bond donors (Lipinski definition) is 0. The number of fused-ring (bicyclic) bond motifs is 6. The van der Waals surface area contributed by atoms with E-state index in [1.807, 2.05) is 35.9 Å². The molecule has 344 valence electrons. The molecule has 5 unspecified atom stereocenters. The monoisotopic (exact) mass is 928 g/mol. The van der Waals surface area contributed by atoms with Crippen LogP contribution >= 0.6 is 11.3 Å². The summed E-state index contributed by atoms with van der Waals surface area (Å²) in [6, 6.07) is 40.5. The van der Waals surface area contributed by atoms with E-state index in [0.29, 0.717) is 18.4 Å². The highest BCUT2D eigenvalue weighted by Crippen LogP contribution is 2.47. The van der Waals surface area contributed by atoms with E-state index in [4.69, 9.17) is 14.7 Å². The molecule has 4 aromatic carbocycles. The van der Waals surface area contributed by atoms with E-state index in [1.165, 1.54) is 76.2 Å². The number of hydrogen-bond acceptors (Lipinski definition) is 5. The van der Waals surface area contributed by atoms with Gasteiger partial charge in [0.05, 0.1) is 11.7 Å². The lowest BCUT2D eigenvalue weighted by Crippen LogP contribution is -2.31. The Balaban J connectivity index is 0.895. The molecule has 70 heavy (non-hydrogen) atoms. The van der Waals surface area contributed by atoms with Gasteiger partial charge in [0.2, 0.25) is 0 Å². The van der Waals surface area contributed by atoms with Gasteiger partial charge in [0, 0.05) is 84.4 Å². The van der Waals surface area contributed by atoms with Crippen LogP contribution in [0.5, 0.6) is 0 Å². The van der Waals surface area contributed by atoms with E-state index in [2.05, 4.69) is 181 Å². The predicted octanol–water partition coefficient (Wildman–Crippen LogP) is 15.3. The first-order valence-electron chi connectivity index (χ1n) is 25.3. The van der Waals surface area contributed by atoms with E-state index >= 15 is 0 Å². The van der Waals surface area contributed by atoms with E-state index in [9.17, 15) is 0 Å². The van der Waals surface area contributed by atoms with Gasteiger partial charge in [-0.15, -0.1) is 11.3 Å². The zero-order valence-electron chi connectivity index (χ0n) is 39.7. The first-order chi connectivity index (χ1) is 34.6. The lowest BCUT2D eigenvalue weighted by Gasteiger charge is -2.30. The van der Waals surface area contributed by atoms with Crippen molar-refractivity contribution < 1.29 is 4.74 Å². The standard InChI is InChI=1S/C64H56N4OS/c1-3-42(36-53-41(2)67(46-16-5-4-6-17-46)64-52(53)22-15-35-69-64)43-27-31-62-56(37-43)57-40-47(28-32-63(57)70-62)68-60-29-25-44(48-18-7-9-20-50(48)58-23-11-13-33-65-58)38-54(60)55-39-45(26-30-61(55)68)49-19-8-10-21-51(49)59-24-12-14-34-66-59/h3-7,9,11-23,26-28,30-34,36-37,40-41,44-45,53,59H,1,8,10,24-25,29,35,38-39H2,2H3/b42-36+. The third-order valence-electron chi connectivity index (χ3n) is 15.8. The van der Waals surface area contributed by atoms with Gasteiger partial charge >= 0.3 is 0 Å². The molecule has 3 aliphatic carbocycles. The Bertz CT molecular complexity index is 3480. The molecule has 0 spiro atoms. The van der Waals surface area contributed by atoms with E-state index < -0.39 is 0 Å². The maximum atomic E-state index is 6.35. The Kier molecular flexibility index (Phi) is 10.9. The second-order valence-electron chi connectivity index (χ2n) is 19.7. The minimum absolute atomic E-state index is 0.137. The average Bonchev–Trinajstić information content (AvgIpc) is 4.06. The number of nitrogens with zero attached hydrogens (tertiary/aromatic N) is 4. The second kappa shape index (κ2) is 17.9. The fourth-order valence-electron chi connectivity index (χ4n) is 12.5. The molecular formula is C64H56N4OS. The molecular weight excluding hydrogens is 873 g/mol. The quantitative estimate of drug-likeness (QED) is 0.135. The minimum Gasteiger partial charge on any atom is -0.474 e. The number of allylic oxidation sites excluding steroid dienone is 7. The first-order valence-corrected chi connectivity index (χ1v) is 26.1. The molecule has 0 amide bonds. The molecule has 6 heterocycles. The second-order valence-corrected chi connectivity index (χ2v) is 20.8. The summed E-state index contributed by atoms with van der Waals surface area (Å²) in [4.78, 5) is 12.2. The molecule has 6 aliphatic rings. The molecule has 0 fully saturated rings. The lowest BCUT2D eigenvalue weighted by atomic mass is 9.75. The number of aliphatic imine (C=N–C) groups is 1. The van der Waals surface area contributed by atoms with Crippen LogP contribution in [0, 0.1) is 11.8 Å². The van der Waals surface area contributed by atoms with Crippen molar-refractivity contribution in [3.63, 3.8) is 0 Å². The molecule has 5 nitrogen and oxygen atoms in total. The van der Waals surface area contributed by atoms with Crippen molar-refractivity contribution in [2.75, 3.05) is 11.5 Å². The highest BCUT2D eigenvalue weighted by atomic mass is 32.1. The van der Waals surface area contributed by atoms with Gasteiger partial charge in [-0.1, -0.05) is 104 Å². The third-order valence-corrected chi connectivity index (χ3v) is 17.0. The SMILES string of the molecule is C=C/C(=C\C1C2=C(OCC=C2)N(c2ccccc2)C1C)c1ccc2sc3ccc(-n4c5c(c6c4CCC(c4ccccc4-c4ccccn4)C6)CC(C4=CCCC=C4C4CC=CC=N4)C=C5)cc3c2c1. The number of anilines is 1.